The zero-order valence-corrected chi connectivity index (χ0v) is 12.5. The largest absolute Gasteiger partial charge is 0.355 e. The second-order valence-electron chi connectivity index (χ2n) is 4.51. The molecule has 1 heterocycles. The predicted molar refractivity (Wildman–Crippen MR) is 80.3 cm³/mol. The van der Waals surface area contributed by atoms with Crippen molar-refractivity contribution in [2.45, 2.75) is 26.4 Å². The van der Waals surface area contributed by atoms with Crippen molar-refractivity contribution in [3.8, 4) is 0 Å². The van der Waals surface area contributed by atoms with E-state index in [2.05, 4.69) is 58.9 Å². The minimum Gasteiger partial charge on any atom is -0.355 e. The molecule has 0 aliphatic rings. The zero-order valence-electron chi connectivity index (χ0n) is 11.7. The number of guanidine groups is 1. The van der Waals surface area contributed by atoms with Gasteiger partial charge in [-0.3, -0.25) is 4.99 Å². The van der Waals surface area contributed by atoms with Crippen molar-refractivity contribution in [3.05, 3.63) is 22.4 Å². The van der Waals surface area contributed by atoms with Gasteiger partial charge >= 0.3 is 0 Å². The smallest absolute Gasteiger partial charge is 0.191 e. The lowest BCUT2D eigenvalue weighted by Gasteiger charge is -2.21. The Kier molecular flexibility index (Phi) is 6.75. The molecule has 0 saturated carbocycles. The van der Waals surface area contributed by atoms with Crippen molar-refractivity contribution in [3.63, 3.8) is 0 Å². The molecule has 0 atom stereocenters. The molecule has 18 heavy (non-hydrogen) atoms. The predicted octanol–water partition coefficient (Wildman–Crippen LogP) is 1.75. The molecule has 0 bridgehead atoms. The molecule has 0 fully saturated rings. The average Bonchev–Trinajstić information content (AvgIpc) is 2.86. The van der Waals surface area contributed by atoms with Crippen LogP contribution in [0.4, 0.5) is 0 Å². The maximum absolute atomic E-state index is 4.21. The van der Waals surface area contributed by atoms with Gasteiger partial charge in [-0.25, -0.2) is 0 Å². The Labute approximate surface area is 114 Å². The Hall–Kier alpha value is -1.07. The van der Waals surface area contributed by atoms with E-state index >= 15 is 0 Å². The van der Waals surface area contributed by atoms with Gasteiger partial charge in [-0.2, -0.15) is 0 Å². The normalized spacial score (nSPS) is 12.2. The highest BCUT2D eigenvalue weighted by molar-refractivity contribution is 7.09. The fraction of sp³-hybridized carbons (Fsp3) is 0.615. The summed E-state index contributed by atoms with van der Waals surface area (Å²) in [5.41, 5.74) is 0. The van der Waals surface area contributed by atoms with Gasteiger partial charge in [-0.15, -0.1) is 11.3 Å². The summed E-state index contributed by atoms with van der Waals surface area (Å²) in [6, 6.07) is 4.76. The topological polar surface area (TPSA) is 39.7 Å². The van der Waals surface area contributed by atoms with Gasteiger partial charge in [-0.05, 0) is 32.3 Å². The standard InChI is InChI=1S/C13H24N4S/c1-11(2)17(4)8-7-15-13(14-3)16-10-12-6-5-9-18-12/h5-6,9,11H,7-8,10H2,1-4H3,(H2,14,15,16). The monoisotopic (exact) mass is 268 g/mol. The third-order valence-electron chi connectivity index (χ3n) is 2.87. The Morgan fingerprint density at radius 1 is 1.44 bits per heavy atom. The van der Waals surface area contributed by atoms with E-state index in [1.807, 2.05) is 0 Å². The maximum atomic E-state index is 4.21. The second kappa shape index (κ2) is 8.11. The minimum absolute atomic E-state index is 0.577. The summed E-state index contributed by atoms with van der Waals surface area (Å²) in [4.78, 5) is 7.83. The zero-order chi connectivity index (χ0) is 13.4. The molecule has 0 aliphatic carbocycles. The average molecular weight is 268 g/mol. The van der Waals surface area contributed by atoms with Gasteiger partial charge in [-0.1, -0.05) is 6.07 Å². The van der Waals surface area contributed by atoms with E-state index in [4.69, 9.17) is 0 Å². The molecule has 4 nitrogen and oxygen atoms in total. The third-order valence-corrected chi connectivity index (χ3v) is 3.75. The molecule has 0 aliphatic heterocycles. The molecule has 0 spiro atoms. The number of likely N-dealkylation sites (N-methyl/N-ethyl adjacent to an activating group) is 1. The highest BCUT2D eigenvalue weighted by atomic mass is 32.1. The highest BCUT2D eigenvalue weighted by Gasteiger charge is 2.03. The first-order valence-electron chi connectivity index (χ1n) is 6.30. The van der Waals surface area contributed by atoms with Crippen LogP contribution in [-0.4, -0.2) is 44.1 Å². The van der Waals surface area contributed by atoms with Crippen LogP contribution in [0.2, 0.25) is 0 Å². The van der Waals surface area contributed by atoms with E-state index in [0.717, 1.165) is 25.6 Å². The van der Waals surface area contributed by atoms with Crippen LogP contribution in [0.3, 0.4) is 0 Å². The molecule has 0 unspecified atom stereocenters. The summed E-state index contributed by atoms with van der Waals surface area (Å²) >= 11 is 1.75. The molecule has 1 rings (SSSR count). The van der Waals surface area contributed by atoms with Gasteiger partial charge in [0.25, 0.3) is 0 Å². The minimum atomic E-state index is 0.577. The Balaban J connectivity index is 2.22. The number of rotatable bonds is 6. The number of nitrogens with one attached hydrogen (secondary N) is 2. The molecule has 1 aromatic heterocycles. The highest BCUT2D eigenvalue weighted by Crippen LogP contribution is 2.06. The van der Waals surface area contributed by atoms with Crippen LogP contribution < -0.4 is 10.6 Å². The van der Waals surface area contributed by atoms with Gasteiger partial charge in [0.15, 0.2) is 5.96 Å². The summed E-state index contributed by atoms with van der Waals surface area (Å²) in [6.07, 6.45) is 0. The number of aliphatic imine (C=N–C) groups is 1. The molecule has 1 aromatic rings. The van der Waals surface area contributed by atoms with E-state index in [0.29, 0.717) is 6.04 Å². The van der Waals surface area contributed by atoms with E-state index in [1.165, 1.54) is 4.88 Å². The van der Waals surface area contributed by atoms with Crippen LogP contribution in [0.5, 0.6) is 0 Å². The molecule has 0 aromatic carbocycles. The number of hydrogen-bond donors (Lipinski definition) is 2. The fourth-order valence-corrected chi connectivity index (χ4v) is 2.06. The van der Waals surface area contributed by atoms with Gasteiger partial charge < -0.3 is 15.5 Å². The Morgan fingerprint density at radius 3 is 2.78 bits per heavy atom. The molecule has 5 heteroatoms. The first-order chi connectivity index (χ1) is 8.63. The summed E-state index contributed by atoms with van der Waals surface area (Å²) in [5, 5.41) is 8.71. The van der Waals surface area contributed by atoms with Gasteiger partial charge in [0, 0.05) is 31.1 Å². The lowest BCUT2D eigenvalue weighted by molar-refractivity contribution is 0.278. The molecule has 2 N–H and O–H groups in total. The van der Waals surface area contributed by atoms with Crippen molar-refractivity contribution in [2.24, 2.45) is 4.99 Å². The summed E-state index contributed by atoms with van der Waals surface area (Å²) < 4.78 is 0. The van der Waals surface area contributed by atoms with Gasteiger partial charge in [0.1, 0.15) is 0 Å². The first-order valence-corrected chi connectivity index (χ1v) is 7.18. The number of thiophene rings is 1. The molecular formula is C13H24N4S. The van der Waals surface area contributed by atoms with Crippen LogP contribution in [0.1, 0.15) is 18.7 Å². The fourth-order valence-electron chi connectivity index (χ4n) is 1.41. The molecule has 0 amide bonds. The van der Waals surface area contributed by atoms with Gasteiger partial charge in [0.05, 0.1) is 6.54 Å². The molecular weight excluding hydrogens is 244 g/mol. The summed E-state index contributed by atoms with van der Waals surface area (Å²) in [5.74, 6) is 0.862. The quantitative estimate of drug-likeness (QED) is 0.610. The van der Waals surface area contributed by atoms with Crippen molar-refractivity contribution >= 4 is 17.3 Å². The SMILES string of the molecule is CN=C(NCCN(C)C(C)C)NCc1cccs1. The van der Waals surface area contributed by atoms with Crippen molar-refractivity contribution in [1.29, 1.82) is 0 Å². The van der Waals surface area contributed by atoms with Crippen LogP contribution >= 0.6 is 11.3 Å². The first kappa shape index (κ1) is 15.0. The summed E-state index contributed by atoms with van der Waals surface area (Å²) in [6.45, 7) is 7.14. The molecule has 0 saturated heterocycles. The van der Waals surface area contributed by atoms with E-state index in [-0.39, 0.29) is 0 Å². The Morgan fingerprint density at radius 2 is 2.22 bits per heavy atom. The second-order valence-corrected chi connectivity index (χ2v) is 5.54. The van der Waals surface area contributed by atoms with E-state index in [9.17, 15) is 0 Å². The third kappa shape index (κ3) is 5.51. The van der Waals surface area contributed by atoms with E-state index in [1.54, 1.807) is 18.4 Å². The molecule has 0 radical (unpaired) electrons. The van der Waals surface area contributed by atoms with Gasteiger partial charge in [0.2, 0.25) is 0 Å². The van der Waals surface area contributed by atoms with E-state index < -0.39 is 0 Å². The summed E-state index contributed by atoms with van der Waals surface area (Å²) in [7, 11) is 3.93. The van der Waals surface area contributed by atoms with Crippen molar-refractivity contribution < 1.29 is 0 Å². The number of nitrogens with zero attached hydrogens (tertiary/aromatic N) is 2. The van der Waals surface area contributed by atoms with Crippen molar-refractivity contribution in [2.75, 3.05) is 27.2 Å². The molecule has 102 valence electrons. The maximum Gasteiger partial charge on any atom is 0.191 e. The lowest BCUT2D eigenvalue weighted by Crippen LogP contribution is -2.41. The lowest BCUT2D eigenvalue weighted by atomic mass is 10.3. The van der Waals surface area contributed by atoms with Crippen LogP contribution in [0, 0.1) is 0 Å². The van der Waals surface area contributed by atoms with Crippen LogP contribution in [-0.2, 0) is 6.54 Å². The van der Waals surface area contributed by atoms with Crippen LogP contribution in [0.15, 0.2) is 22.5 Å². The number of hydrogen-bond acceptors (Lipinski definition) is 3. The Bertz CT molecular complexity index is 346. The van der Waals surface area contributed by atoms with Crippen LogP contribution in [0.25, 0.3) is 0 Å². The van der Waals surface area contributed by atoms with Crippen molar-refractivity contribution in [1.82, 2.24) is 15.5 Å².